The molecule has 6 rings (SSSR count). The Morgan fingerprint density at radius 1 is 0.788 bits per heavy atom. The molecule has 0 bridgehead atoms. The SMILES string of the molecule is Nc1ccc2c(c1)CCCC(c1ccc3nsnc3c1)=C2c1ccc(CC2CCCC2)cc1. The summed E-state index contributed by atoms with van der Waals surface area (Å²) in [6.45, 7) is 0. The van der Waals surface area contributed by atoms with Crippen LogP contribution in [-0.2, 0) is 12.8 Å². The fourth-order valence-electron chi connectivity index (χ4n) is 5.75. The van der Waals surface area contributed by atoms with E-state index in [1.165, 1.54) is 82.8 Å². The van der Waals surface area contributed by atoms with Crippen LogP contribution < -0.4 is 5.73 Å². The normalized spacial score (nSPS) is 16.8. The Morgan fingerprint density at radius 3 is 2.42 bits per heavy atom. The lowest BCUT2D eigenvalue weighted by molar-refractivity contribution is 0.546. The van der Waals surface area contributed by atoms with Gasteiger partial charge < -0.3 is 5.73 Å². The van der Waals surface area contributed by atoms with Gasteiger partial charge >= 0.3 is 0 Å². The highest BCUT2D eigenvalue weighted by Crippen LogP contribution is 2.41. The molecule has 0 spiro atoms. The molecule has 0 saturated heterocycles. The number of rotatable bonds is 4. The molecule has 4 heteroatoms. The zero-order valence-electron chi connectivity index (χ0n) is 18.9. The Bertz CT molecular complexity index is 1330. The standard InChI is InChI=1S/C29H29N3S/c30-24-13-14-26-22(17-24)6-3-7-25(23-12-15-27-28(18-23)32-33-31-27)29(26)21-10-8-20(9-11-21)16-19-4-1-2-5-19/h8-15,17-19H,1-7,16,30H2. The number of nitrogens with two attached hydrogens (primary N) is 1. The number of aryl methyl sites for hydroxylation is 1. The van der Waals surface area contributed by atoms with Gasteiger partial charge in [0.05, 0.1) is 11.7 Å². The molecule has 1 aromatic heterocycles. The molecule has 2 aliphatic rings. The van der Waals surface area contributed by atoms with Gasteiger partial charge in [-0.05, 0) is 94.8 Å². The second-order valence-electron chi connectivity index (χ2n) is 9.64. The van der Waals surface area contributed by atoms with Gasteiger partial charge in [0.15, 0.2) is 0 Å². The maximum absolute atomic E-state index is 6.18. The molecule has 1 fully saturated rings. The Kier molecular flexibility index (Phi) is 5.47. The Balaban J connectivity index is 1.48. The van der Waals surface area contributed by atoms with E-state index in [4.69, 9.17) is 5.73 Å². The molecular formula is C29H29N3S. The second-order valence-corrected chi connectivity index (χ2v) is 10.2. The van der Waals surface area contributed by atoms with Crippen LogP contribution >= 0.6 is 11.7 Å². The van der Waals surface area contributed by atoms with Crippen molar-refractivity contribution in [1.29, 1.82) is 0 Å². The van der Waals surface area contributed by atoms with E-state index in [9.17, 15) is 0 Å². The van der Waals surface area contributed by atoms with E-state index < -0.39 is 0 Å². The molecule has 33 heavy (non-hydrogen) atoms. The van der Waals surface area contributed by atoms with E-state index in [1.807, 2.05) is 6.07 Å². The average Bonchev–Trinajstić information content (AvgIpc) is 3.48. The minimum atomic E-state index is 0.846. The first-order valence-electron chi connectivity index (χ1n) is 12.2. The maximum Gasteiger partial charge on any atom is 0.105 e. The molecule has 1 heterocycles. The summed E-state index contributed by atoms with van der Waals surface area (Å²) in [5, 5.41) is 0. The zero-order chi connectivity index (χ0) is 22.2. The lowest BCUT2D eigenvalue weighted by Gasteiger charge is -2.18. The third-order valence-corrected chi connectivity index (χ3v) is 7.97. The lowest BCUT2D eigenvalue weighted by atomic mass is 9.87. The number of allylic oxidation sites excluding steroid dienone is 1. The zero-order valence-corrected chi connectivity index (χ0v) is 19.7. The van der Waals surface area contributed by atoms with Gasteiger partial charge in [-0.1, -0.05) is 62.1 Å². The number of nitrogen functional groups attached to an aromatic ring is 1. The third-order valence-electron chi connectivity index (χ3n) is 7.42. The minimum Gasteiger partial charge on any atom is -0.399 e. The number of aromatic nitrogens is 2. The van der Waals surface area contributed by atoms with Crippen LogP contribution in [0.15, 0.2) is 60.7 Å². The highest BCUT2D eigenvalue weighted by molar-refractivity contribution is 7.00. The highest BCUT2D eigenvalue weighted by Gasteiger charge is 2.21. The summed E-state index contributed by atoms with van der Waals surface area (Å²) in [6, 6.07) is 22.4. The van der Waals surface area contributed by atoms with Gasteiger partial charge in [0.1, 0.15) is 11.0 Å². The molecule has 0 aliphatic heterocycles. The van der Waals surface area contributed by atoms with Crippen molar-refractivity contribution in [2.75, 3.05) is 5.73 Å². The van der Waals surface area contributed by atoms with Crippen LogP contribution in [0.1, 0.15) is 66.3 Å². The molecular weight excluding hydrogens is 422 g/mol. The predicted molar refractivity (Wildman–Crippen MR) is 139 cm³/mol. The van der Waals surface area contributed by atoms with Gasteiger partial charge in [-0.3, -0.25) is 0 Å². The van der Waals surface area contributed by atoms with Crippen molar-refractivity contribution in [2.45, 2.75) is 51.4 Å². The summed E-state index contributed by atoms with van der Waals surface area (Å²) in [7, 11) is 0. The van der Waals surface area contributed by atoms with Gasteiger partial charge in [0.2, 0.25) is 0 Å². The first kappa shape index (κ1) is 20.6. The van der Waals surface area contributed by atoms with E-state index >= 15 is 0 Å². The summed E-state index contributed by atoms with van der Waals surface area (Å²) in [5.41, 5.74) is 18.4. The van der Waals surface area contributed by atoms with Crippen molar-refractivity contribution in [3.8, 4) is 0 Å². The van der Waals surface area contributed by atoms with Crippen molar-refractivity contribution in [1.82, 2.24) is 8.75 Å². The Morgan fingerprint density at radius 2 is 1.58 bits per heavy atom. The van der Waals surface area contributed by atoms with Gasteiger partial charge in [-0.15, -0.1) is 0 Å². The molecule has 3 nitrogen and oxygen atoms in total. The van der Waals surface area contributed by atoms with Gasteiger partial charge in [-0.25, -0.2) is 0 Å². The van der Waals surface area contributed by atoms with Crippen LogP contribution in [0.4, 0.5) is 5.69 Å². The van der Waals surface area contributed by atoms with Crippen molar-refractivity contribution in [2.24, 2.45) is 5.92 Å². The van der Waals surface area contributed by atoms with Crippen molar-refractivity contribution in [3.63, 3.8) is 0 Å². The fraction of sp³-hybridized carbons (Fsp3) is 0.310. The number of hydrogen-bond donors (Lipinski definition) is 1. The first-order valence-corrected chi connectivity index (χ1v) is 12.9. The van der Waals surface area contributed by atoms with Crippen molar-refractivity contribution < 1.29 is 0 Å². The van der Waals surface area contributed by atoms with Crippen LogP contribution in [0.3, 0.4) is 0 Å². The quantitative estimate of drug-likeness (QED) is 0.331. The molecule has 0 radical (unpaired) electrons. The smallest absolute Gasteiger partial charge is 0.105 e. The number of hydrogen-bond acceptors (Lipinski definition) is 4. The van der Waals surface area contributed by atoms with E-state index in [1.54, 1.807) is 0 Å². The van der Waals surface area contributed by atoms with Gasteiger partial charge in [0, 0.05) is 5.69 Å². The van der Waals surface area contributed by atoms with Crippen LogP contribution in [0.2, 0.25) is 0 Å². The molecule has 0 unspecified atom stereocenters. The number of fused-ring (bicyclic) bond motifs is 2. The summed E-state index contributed by atoms with van der Waals surface area (Å²) < 4.78 is 8.90. The summed E-state index contributed by atoms with van der Waals surface area (Å²) in [4.78, 5) is 0. The highest BCUT2D eigenvalue weighted by atomic mass is 32.1. The number of benzene rings is 3. The molecule has 4 aromatic rings. The number of anilines is 1. The first-order chi connectivity index (χ1) is 16.2. The lowest BCUT2D eigenvalue weighted by Crippen LogP contribution is -2.00. The van der Waals surface area contributed by atoms with E-state index in [0.29, 0.717) is 0 Å². The van der Waals surface area contributed by atoms with Crippen molar-refractivity contribution in [3.05, 3.63) is 88.5 Å². The predicted octanol–water partition coefficient (Wildman–Crippen LogP) is 7.30. The molecule has 0 amide bonds. The Labute approximate surface area is 199 Å². The summed E-state index contributed by atoms with van der Waals surface area (Å²) >= 11 is 1.28. The van der Waals surface area contributed by atoms with E-state index in [0.717, 1.165) is 41.9 Å². The average molecular weight is 452 g/mol. The van der Waals surface area contributed by atoms with E-state index in [-0.39, 0.29) is 0 Å². The fourth-order valence-corrected chi connectivity index (χ4v) is 6.27. The van der Waals surface area contributed by atoms with Crippen LogP contribution in [0.5, 0.6) is 0 Å². The molecule has 2 N–H and O–H groups in total. The van der Waals surface area contributed by atoms with Crippen LogP contribution in [0, 0.1) is 5.92 Å². The number of nitrogens with zero attached hydrogens (tertiary/aromatic N) is 2. The van der Waals surface area contributed by atoms with E-state index in [2.05, 4.69) is 63.3 Å². The molecule has 0 atom stereocenters. The molecule has 3 aromatic carbocycles. The summed E-state index contributed by atoms with van der Waals surface area (Å²) in [5.74, 6) is 0.866. The monoisotopic (exact) mass is 451 g/mol. The molecule has 166 valence electrons. The Hall–Kier alpha value is -2.98. The molecule has 2 aliphatic carbocycles. The topological polar surface area (TPSA) is 51.8 Å². The maximum atomic E-state index is 6.18. The van der Waals surface area contributed by atoms with Gasteiger partial charge in [-0.2, -0.15) is 8.75 Å². The summed E-state index contributed by atoms with van der Waals surface area (Å²) in [6.07, 6.45) is 9.99. The second kappa shape index (κ2) is 8.75. The van der Waals surface area contributed by atoms with Crippen molar-refractivity contribution >= 4 is 39.6 Å². The van der Waals surface area contributed by atoms with Gasteiger partial charge in [0.25, 0.3) is 0 Å². The minimum absolute atomic E-state index is 0.846. The third kappa shape index (κ3) is 4.08. The van der Waals surface area contributed by atoms with Crippen LogP contribution in [-0.4, -0.2) is 8.75 Å². The molecule has 1 saturated carbocycles. The van der Waals surface area contributed by atoms with Crippen LogP contribution in [0.25, 0.3) is 22.2 Å². The largest absolute Gasteiger partial charge is 0.399 e.